The van der Waals surface area contributed by atoms with Crippen molar-refractivity contribution in [1.29, 1.82) is 0 Å². The van der Waals surface area contributed by atoms with E-state index in [0.717, 1.165) is 10.0 Å². The van der Waals surface area contributed by atoms with Crippen molar-refractivity contribution in [3.63, 3.8) is 0 Å². The average Bonchev–Trinajstić information content (AvgIpc) is 3.04. The van der Waals surface area contributed by atoms with Crippen LogP contribution in [-0.2, 0) is 0 Å². The lowest BCUT2D eigenvalue weighted by Gasteiger charge is -1.99. The van der Waals surface area contributed by atoms with E-state index in [1.54, 1.807) is 12.3 Å². The molecule has 102 valence electrons. The van der Waals surface area contributed by atoms with Gasteiger partial charge in [-0.25, -0.2) is 4.98 Å². The maximum Gasteiger partial charge on any atom is 0.296 e. The van der Waals surface area contributed by atoms with Crippen LogP contribution < -0.4 is 5.32 Å². The minimum absolute atomic E-state index is 0.146. The van der Waals surface area contributed by atoms with Crippen LogP contribution in [0.4, 0.5) is 5.95 Å². The molecule has 0 unspecified atom stereocenters. The van der Waals surface area contributed by atoms with Gasteiger partial charge in [0.2, 0.25) is 11.8 Å². The van der Waals surface area contributed by atoms with Crippen LogP contribution in [0.15, 0.2) is 16.6 Å². The maximum absolute atomic E-state index is 12.1. The third-order valence-electron chi connectivity index (χ3n) is 2.43. The quantitative estimate of drug-likeness (QED) is 0.727. The number of hydrogen-bond acceptors (Lipinski definition) is 8. The predicted molar refractivity (Wildman–Crippen MR) is 75.2 cm³/mol. The van der Waals surface area contributed by atoms with Crippen LogP contribution in [0.2, 0.25) is 0 Å². The molecule has 0 aliphatic carbocycles. The first-order valence-electron chi connectivity index (χ1n) is 5.55. The molecule has 0 aliphatic heterocycles. The second-order valence-corrected chi connectivity index (χ2v) is 5.61. The van der Waals surface area contributed by atoms with Gasteiger partial charge < -0.3 is 0 Å². The summed E-state index contributed by atoms with van der Waals surface area (Å²) in [4.78, 5) is 20.4. The molecular weight excluding hydrogens is 298 g/mol. The van der Waals surface area contributed by atoms with Gasteiger partial charge in [0, 0.05) is 11.9 Å². The molecule has 0 saturated carbocycles. The van der Waals surface area contributed by atoms with Crippen LogP contribution in [0.5, 0.6) is 0 Å². The second-order valence-electron chi connectivity index (χ2n) is 3.80. The smallest absolute Gasteiger partial charge is 0.287 e. The van der Waals surface area contributed by atoms with Crippen molar-refractivity contribution in [2.24, 2.45) is 0 Å². The van der Waals surface area contributed by atoms with Crippen molar-refractivity contribution >= 4 is 40.9 Å². The van der Waals surface area contributed by atoms with Crippen molar-refractivity contribution in [2.45, 2.75) is 11.3 Å². The van der Waals surface area contributed by atoms with Crippen LogP contribution in [-0.4, -0.2) is 41.1 Å². The maximum atomic E-state index is 12.1. The summed E-state index contributed by atoms with van der Waals surface area (Å²) in [6, 6.07) is 1.78. The highest BCUT2D eigenvalue weighted by molar-refractivity contribution is 8.00. The molecule has 3 rings (SSSR count). The lowest BCUT2D eigenvalue weighted by atomic mass is 10.4. The molecule has 1 amide bonds. The zero-order chi connectivity index (χ0) is 14.1. The van der Waals surface area contributed by atoms with Gasteiger partial charge >= 0.3 is 0 Å². The number of aryl methyl sites for hydroxylation is 1. The fourth-order valence-corrected chi connectivity index (χ4v) is 2.50. The van der Waals surface area contributed by atoms with E-state index < -0.39 is 5.91 Å². The Bertz CT molecular complexity index is 781. The monoisotopic (exact) mass is 307 g/mol. The molecule has 10 heteroatoms. The summed E-state index contributed by atoms with van der Waals surface area (Å²) in [5.41, 5.74) is 0.808. The van der Waals surface area contributed by atoms with E-state index >= 15 is 0 Å². The van der Waals surface area contributed by atoms with Crippen LogP contribution in [0.1, 0.15) is 16.3 Å². The number of carbonyl (C=O) groups is 1. The Kier molecular flexibility index (Phi) is 3.32. The molecular formula is C10H9N7OS2. The van der Waals surface area contributed by atoms with Gasteiger partial charge in [-0.2, -0.15) is 9.36 Å². The molecule has 0 saturated heterocycles. The highest BCUT2D eigenvalue weighted by Gasteiger charge is 2.17. The number of rotatable bonds is 3. The van der Waals surface area contributed by atoms with Crippen LogP contribution in [0.3, 0.4) is 0 Å². The molecule has 0 atom stereocenters. The van der Waals surface area contributed by atoms with Gasteiger partial charge in [-0.3, -0.25) is 14.5 Å². The molecule has 20 heavy (non-hydrogen) atoms. The van der Waals surface area contributed by atoms with Gasteiger partial charge in [-0.15, -0.1) is 10.2 Å². The minimum Gasteiger partial charge on any atom is -0.287 e. The number of thioether (sulfide) groups is 1. The topological polar surface area (TPSA) is 98.0 Å². The molecule has 0 spiro atoms. The number of nitrogens with one attached hydrogen (secondary N) is 1. The standard InChI is InChI=1S/C10H9N7OS2/c1-5-3-4-17-6(14-15-9(17)11-5)7(18)12-8-13-10(19-2)20-16-8/h3-4H,1-2H3,(H,12,16,18). The molecule has 0 fully saturated rings. The third-order valence-corrected chi connectivity index (χ3v) is 4.11. The molecule has 0 aromatic carbocycles. The van der Waals surface area contributed by atoms with E-state index in [1.807, 2.05) is 13.2 Å². The normalized spacial score (nSPS) is 10.9. The van der Waals surface area contributed by atoms with E-state index in [2.05, 4.69) is 29.9 Å². The first-order valence-corrected chi connectivity index (χ1v) is 7.54. The fraction of sp³-hybridized carbons (Fsp3) is 0.200. The van der Waals surface area contributed by atoms with Crippen molar-refractivity contribution in [3.8, 4) is 0 Å². The number of hydrogen-bond donors (Lipinski definition) is 1. The van der Waals surface area contributed by atoms with E-state index in [-0.39, 0.29) is 11.8 Å². The van der Waals surface area contributed by atoms with Crippen molar-refractivity contribution in [2.75, 3.05) is 11.6 Å². The second kappa shape index (κ2) is 5.13. The van der Waals surface area contributed by atoms with Gasteiger partial charge in [0.25, 0.3) is 11.7 Å². The fourth-order valence-electron chi connectivity index (χ4n) is 1.53. The molecule has 1 N–H and O–H groups in total. The van der Waals surface area contributed by atoms with Crippen molar-refractivity contribution < 1.29 is 4.79 Å². The highest BCUT2D eigenvalue weighted by Crippen LogP contribution is 2.19. The van der Waals surface area contributed by atoms with Crippen LogP contribution in [0, 0.1) is 6.92 Å². The number of carbonyl (C=O) groups excluding carboxylic acids is 1. The third kappa shape index (κ3) is 2.34. The number of fused-ring (bicyclic) bond motifs is 1. The van der Waals surface area contributed by atoms with Crippen LogP contribution >= 0.6 is 23.3 Å². The SMILES string of the molecule is CSc1nc(NC(=O)c2nnc3nc(C)ccn23)ns1. The zero-order valence-electron chi connectivity index (χ0n) is 10.6. The van der Waals surface area contributed by atoms with Gasteiger partial charge in [-0.05, 0) is 30.8 Å². The Morgan fingerprint density at radius 1 is 1.40 bits per heavy atom. The molecule has 0 aliphatic rings. The van der Waals surface area contributed by atoms with Crippen LogP contribution in [0.25, 0.3) is 5.78 Å². The lowest BCUT2D eigenvalue weighted by Crippen LogP contribution is -2.16. The number of amides is 1. The summed E-state index contributed by atoms with van der Waals surface area (Å²) in [7, 11) is 0. The van der Waals surface area contributed by atoms with Crippen molar-refractivity contribution in [1.82, 2.24) is 28.9 Å². The Morgan fingerprint density at radius 2 is 2.25 bits per heavy atom. The first kappa shape index (κ1) is 12.9. The summed E-state index contributed by atoms with van der Waals surface area (Å²) >= 11 is 2.70. The van der Waals surface area contributed by atoms with E-state index in [9.17, 15) is 4.79 Å². The van der Waals surface area contributed by atoms with Gasteiger partial charge in [0.1, 0.15) is 0 Å². The molecule has 0 bridgehead atoms. The van der Waals surface area contributed by atoms with E-state index in [1.165, 1.54) is 27.7 Å². The summed E-state index contributed by atoms with van der Waals surface area (Å²) < 4.78 is 6.34. The summed E-state index contributed by atoms with van der Waals surface area (Å²) in [6.07, 6.45) is 3.60. The Morgan fingerprint density at radius 3 is 3.00 bits per heavy atom. The Balaban J connectivity index is 1.88. The average molecular weight is 307 g/mol. The molecule has 3 aromatic heterocycles. The molecule has 8 nitrogen and oxygen atoms in total. The number of anilines is 1. The summed E-state index contributed by atoms with van der Waals surface area (Å²) in [5.74, 6) is 0.369. The highest BCUT2D eigenvalue weighted by atomic mass is 32.2. The van der Waals surface area contributed by atoms with Crippen molar-refractivity contribution in [3.05, 3.63) is 23.8 Å². The zero-order valence-corrected chi connectivity index (χ0v) is 12.2. The largest absolute Gasteiger partial charge is 0.296 e. The summed E-state index contributed by atoms with van der Waals surface area (Å²) in [6.45, 7) is 1.84. The Hall–Kier alpha value is -2.07. The molecule has 3 heterocycles. The van der Waals surface area contributed by atoms with E-state index in [4.69, 9.17) is 0 Å². The molecule has 3 aromatic rings. The number of aromatic nitrogens is 6. The lowest BCUT2D eigenvalue weighted by molar-refractivity contribution is 0.101. The minimum atomic E-state index is -0.423. The Labute approximate surface area is 121 Å². The van der Waals surface area contributed by atoms with Gasteiger partial charge in [0.05, 0.1) is 0 Å². The molecule has 0 radical (unpaired) electrons. The van der Waals surface area contributed by atoms with E-state index in [0.29, 0.717) is 5.78 Å². The van der Waals surface area contributed by atoms with Gasteiger partial charge in [0.15, 0.2) is 4.34 Å². The summed E-state index contributed by atoms with van der Waals surface area (Å²) in [5, 5.41) is 10.3. The number of nitrogens with zero attached hydrogens (tertiary/aromatic N) is 6. The predicted octanol–water partition coefficient (Wildman–Crippen LogP) is 1.26. The first-order chi connectivity index (χ1) is 9.67. The van der Waals surface area contributed by atoms with Gasteiger partial charge in [-0.1, -0.05) is 11.8 Å².